The zero-order chi connectivity index (χ0) is 22.0. The van der Waals surface area contributed by atoms with Crippen molar-refractivity contribution in [2.24, 2.45) is 0 Å². The first-order chi connectivity index (χ1) is 14.9. The zero-order valence-corrected chi connectivity index (χ0v) is 18.9. The van der Waals surface area contributed by atoms with Crippen molar-refractivity contribution in [3.8, 4) is 5.75 Å². The van der Waals surface area contributed by atoms with Crippen LogP contribution in [0.25, 0.3) is 0 Å². The predicted molar refractivity (Wildman–Crippen MR) is 124 cm³/mol. The molecule has 0 aliphatic carbocycles. The van der Waals surface area contributed by atoms with Crippen molar-refractivity contribution >= 4 is 50.7 Å². The fourth-order valence-corrected chi connectivity index (χ4v) is 5.35. The Kier molecular flexibility index (Phi) is 6.13. The second kappa shape index (κ2) is 8.82. The van der Waals surface area contributed by atoms with E-state index in [0.717, 1.165) is 4.90 Å². The lowest BCUT2D eigenvalue weighted by molar-refractivity contribution is -0.122. The Balaban J connectivity index is 1.68. The van der Waals surface area contributed by atoms with Crippen molar-refractivity contribution in [1.29, 1.82) is 0 Å². The average Bonchev–Trinajstić information content (AvgIpc) is 2.79. The lowest BCUT2D eigenvalue weighted by Crippen LogP contribution is -2.48. The molecule has 4 rings (SSSR count). The number of halogens is 1. The highest BCUT2D eigenvalue weighted by molar-refractivity contribution is 7.98. The molecule has 0 radical (unpaired) electrons. The number of thioether (sulfide) groups is 1. The van der Waals surface area contributed by atoms with Gasteiger partial charge in [0, 0.05) is 15.6 Å². The molecule has 0 bridgehead atoms. The summed E-state index contributed by atoms with van der Waals surface area (Å²) in [7, 11) is -3.93. The van der Waals surface area contributed by atoms with Gasteiger partial charge in [-0.1, -0.05) is 35.9 Å². The maximum absolute atomic E-state index is 13.4. The summed E-state index contributed by atoms with van der Waals surface area (Å²) in [6.45, 7) is -0.182. The van der Waals surface area contributed by atoms with Gasteiger partial charge in [-0.25, -0.2) is 8.42 Å². The average molecular weight is 475 g/mol. The molecule has 3 aromatic carbocycles. The number of amides is 1. The lowest BCUT2D eigenvalue weighted by Gasteiger charge is -2.34. The number of sulfonamides is 1. The molecule has 0 saturated carbocycles. The Hall–Kier alpha value is -2.68. The summed E-state index contributed by atoms with van der Waals surface area (Å²) in [4.78, 5) is 14.1. The van der Waals surface area contributed by atoms with Crippen molar-refractivity contribution < 1.29 is 17.9 Å². The number of carbonyl (C=O) groups excluding carboxylic acids is 1. The molecule has 1 atom stereocenters. The summed E-state index contributed by atoms with van der Waals surface area (Å²) in [5, 5.41) is 3.18. The molecule has 0 unspecified atom stereocenters. The van der Waals surface area contributed by atoms with E-state index < -0.39 is 22.0 Å². The number of hydrogen-bond acceptors (Lipinski definition) is 5. The quantitative estimate of drug-likeness (QED) is 0.544. The van der Waals surface area contributed by atoms with Gasteiger partial charge in [0.15, 0.2) is 6.10 Å². The van der Waals surface area contributed by atoms with E-state index in [4.69, 9.17) is 16.3 Å². The van der Waals surface area contributed by atoms with Gasteiger partial charge in [-0.3, -0.25) is 9.10 Å². The van der Waals surface area contributed by atoms with E-state index >= 15 is 0 Å². The maximum Gasteiger partial charge on any atom is 0.267 e. The maximum atomic E-state index is 13.4. The summed E-state index contributed by atoms with van der Waals surface area (Å²) in [6.07, 6.45) is 0.907. The molecule has 0 aromatic heterocycles. The van der Waals surface area contributed by atoms with Gasteiger partial charge in [0.25, 0.3) is 15.9 Å². The first kappa shape index (κ1) is 21.5. The minimum absolute atomic E-state index is 0.120. The fourth-order valence-electron chi connectivity index (χ4n) is 3.23. The van der Waals surface area contributed by atoms with Crippen LogP contribution in [0.3, 0.4) is 0 Å². The monoisotopic (exact) mass is 474 g/mol. The topological polar surface area (TPSA) is 75.7 Å². The molecule has 6 nitrogen and oxygen atoms in total. The van der Waals surface area contributed by atoms with Gasteiger partial charge in [-0.2, -0.15) is 0 Å². The summed E-state index contributed by atoms with van der Waals surface area (Å²) in [5.74, 6) is -0.166. The van der Waals surface area contributed by atoms with Crippen molar-refractivity contribution in [2.75, 3.05) is 22.4 Å². The third-order valence-electron chi connectivity index (χ3n) is 4.75. The van der Waals surface area contributed by atoms with Gasteiger partial charge in [0.2, 0.25) is 0 Å². The van der Waals surface area contributed by atoms with Gasteiger partial charge in [0.05, 0.1) is 17.1 Å². The normalized spacial score (nSPS) is 15.7. The second-order valence-electron chi connectivity index (χ2n) is 6.79. The number of anilines is 2. The first-order valence-corrected chi connectivity index (χ1v) is 12.4. The minimum Gasteiger partial charge on any atom is -0.476 e. The van der Waals surface area contributed by atoms with Gasteiger partial charge >= 0.3 is 0 Å². The Labute approximate surface area is 190 Å². The number of hydrogen-bond donors (Lipinski definition) is 1. The number of ether oxygens (including phenoxy) is 1. The Morgan fingerprint density at radius 3 is 2.61 bits per heavy atom. The van der Waals surface area contributed by atoms with Gasteiger partial charge in [0.1, 0.15) is 5.75 Å². The third-order valence-corrected chi connectivity index (χ3v) is 7.51. The molecule has 1 aliphatic heterocycles. The SMILES string of the molecule is CSc1cccc(NC(=O)[C@H]2CN(S(=O)(=O)c3ccccc3)c3cc(Cl)ccc3O2)c1. The summed E-state index contributed by atoms with van der Waals surface area (Å²) in [6, 6.07) is 20.1. The van der Waals surface area contributed by atoms with Crippen LogP contribution in [0.4, 0.5) is 11.4 Å². The molecule has 0 saturated heterocycles. The molecule has 1 aliphatic rings. The number of nitrogens with zero attached hydrogens (tertiary/aromatic N) is 1. The van der Waals surface area contributed by atoms with Crippen molar-refractivity contribution in [3.05, 3.63) is 77.8 Å². The highest BCUT2D eigenvalue weighted by Crippen LogP contribution is 2.39. The standard InChI is InChI=1S/C22H19ClN2O4S2/c1-30-17-7-5-6-16(13-17)24-22(26)21-14-25(19-12-15(23)10-11-20(19)29-21)31(27,28)18-8-3-2-4-9-18/h2-13,21H,14H2,1H3,(H,24,26)/t21-/m1/s1. The summed E-state index contributed by atoms with van der Waals surface area (Å²) < 4.78 is 33.8. The Morgan fingerprint density at radius 2 is 1.87 bits per heavy atom. The number of benzene rings is 3. The molecule has 160 valence electrons. The van der Waals surface area contributed by atoms with Crippen LogP contribution in [0.15, 0.2) is 82.6 Å². The zero-order valence-electron chi connectivity index (χ0n) is 16.5. The number of fused-ring (bicyclic) bond motifs is 1. The van der Waals surface area contributed by atoms with Crippen LogP contribution in [0.5, 0.6) is 5.75 Å². The smallest absolute Gasteiger partial charge is 0.267 e. The van der Waals surface area contributed by atoms with Crippen LogP contribution in [0.2, 0.25) is 5.02 Å². The van der Waals surface area contributed by atoms with Crippen LogP contribution < -0.4 is 14.4 Å². The van der Waals surface area contributed by atoms with Gasteiger partial charge in [-0.05, 0) is 54.8 Å². The number of rotatable bonds is 5. The van der Waals surface area contributed by atoms with E-state index in [1.54, 1.807) is 48.2 Å². The van der Waals surface area contributed by atoms with Crippen molar-refractivity contribution in [1.82, 2.24) is 0 Å². The molecule has 9 heteroatoms. The molecule has 0 spiro atoms. The largest absolute Gasteiger partial charge is 0.476 e. The van der Waals surface area contributed by atoms with Crippen LogP contribution in [0, 0.1) is 0 Å². The molecule has 0 fully saturated rings. The first-order valence-electron chi connectivity index (χ1n) is 9.37. The van der Waals surface area contributed by atoms with E-state index in [-0.39, 0.29) is 17.2 Å². The second-order valence-corrected chi connectivity index (χ2v) is 9.97. The summed E-state index contributed by atoms with van der Waals surface area (Å²) in [5.41, 5.74) is 0.907. The fraction of sp³-hybridized carbons (Fsp3) is 0.136. The molecule has 1 amide bonds. The van der Waals surface area contributed by atoms with Crippen LogP contribution in [0.1, 0.15) is 0 Å². The number of nitrogens with one attached hydrogen (secondary N) is 1. The van der Waals surface area contributed by atoms with E-state index in [0.29, 0.717) is 16.4 Å². The molecular formula is C22H19ClN2O4S2. The Bertz CT molecular complexity index is 1220. The van der Waals surface area contributed by atoms with E-state index in [9.17, 15) is 13.2 Å². The molecule has 3 aromatic rings. The number of carbonyl (C=O) groups is 1. The van der Waals surface area contributed by atoms with Gasteiger partial charge < -0.3 is 10.1 Å². The minimum atomic E-state index is -3.93. The molecule has 1 N–H and O–H groups in total. The van der Waals surface area contributed by atoms with Crippen LogP contribution in [-0.2, 0) is 14.8 Å². The summed E-state index contributed by atoms with van der Waals surface area (Å²) >= 11 is 7.67. The van der Waals surface area contributed by atoms with Crippen LogP contribution >= 0.6 is 23.4 Å². The molecular weight excluding hydrogens is 456 g/mol. The highest BCUT2D eigenvalue weighted by Gasteiger charge is 2.37. The Morgan fingerprint density at radius 1 is 1.10 bits per heavy atom. The van der Waals surface area contributed by atoms with Gasteiger partial charge in [-0.15, -0.1) is 11.8 Å². The van der Waals surface area contributed by atoms with E-state index in [1.165, 1.54) is 22.5 Å². The molecule has 31 heavy (non-hydrogen) atoms. The van der Waals surface area contributed by atoms with Crippen LogP contribution in [-0.4, -0.2) is 33.2 Å². The van der Waals surface area contributed by atoms with E-state index in [2.05, 4.69) is 5.32 Å². The highest BCUT2D eigenvalue weighted by atomic mass is 35.5. The predicted octanol–water partition coefficient (Wildman–Crippen LogP) is 4.66. The lowest BCUT2D eigenvalue weighted by atomic mass is 10.2. The molecule has 1 heterocycles. The third kappa shape index (κ3) is 4.51. The van der Waals surface area contributed by atoms with E-state index in [1.807, 2.05) is 24.5 Å². The van der Waals surface area contributed by atoms with Crippen molar-refractivity contribution in [3.63, 3.8) is 0 Å². The van der Waals surface area contributed by atoms with Crippen molar-refractivity contribution in [2.45, 2.75) is 15.9 Å².